The van der Waals surface area contributed by atoms with Gasteiger partial charge in [-0.3, -0.25) is 0 Å². The van der Waals surface area contributed by atoms with Gasteiger partial charge in [0.25, 0.3) is 0 Å². The Bertz CT molecular complexity index is 292. The van der Waals surface area contributed by atoms with Gasteiger partial charge in [-0.2, -0.15) is 0 Å². The molecule has 0 aliphatic heterocycles. The van der Waals surface area contributed by atoms with Gasteiger partial charge in [-0.1, -0.05) is 36.8 Å². The molecule has 0 heterocycles. The summed E-state index contributed by atoms with van der Waals surface area (Å²) in [7, 11) is 2.16. The number of hydrogen-bond donors (Lipinski definition) is 1. The summed E-state index contributed by atoms with van der Waals surface area (Å²) in [6.07, 6.45) is 2.23. The number of rotatable bonds is 6. The molecule has 0 spiro atoms. The van der Waals surface area contributed by atoms with E-state index in [9.17, 15) is 0 Å². The molecule has 0 saturated heterocycles. The minimum Gasteiger partial charge on any atom is -0.324 e. The number of benzene rings is 1. The predicted molar refractivity (Wildman–Crippen MR) is 70.5 cm³/mol. The molecular weight excluding hydrogens is 196 g/mol. The van der Waals surface area contributed by atoms with E-state index in [1.165, 1.54) is 17.5 Å². The first kappa shape index (κ1) is 13.2. The SMILES string of the molecule is CCCN(C)CCC(N)c1ccc(C)cc1. The first-order chi connectivity index (χ1) is 7.63. The first-order valence-corrected chi connectivity index (χ1v) is 6.14. The van der Waals surface area contributed by atoms with Gasteiger partial charge in [-0.05, 0) is 45.5 Å². The average Bonchev–Trinajstić information content (AvgIpc) is 2.27. The Balaban J connectivity index is 2.40. The van der Waals surface area contributed by atoms with Crippen molar-refractivity contribution in [3.05, 3.63) is 35.4 Å². The second-order valence-electron chi connectivity index (χ2n) is 4.61. The third-order valence-electron chi connectivity index (χ3n) is 2.93. The fourth-order valence-electron chi connectivity index (χ4n) is 1.83. The van der Waals surface area contributed by atoms with E-state index < -0.39 is 0 Å². The maximum Gasteiger partial charge on any atom is 0.0307 e. The molecule has 0 bridgehead atoms. The summed E-state index contributed by atoms with van der Waals surface area (Å²) in [6, 6.07) is 8.70. The first-order valence-electron chi connectivity index (χ1n) is 6.14. The van der Waals surface area contributed by atoms with Gasteiger partial charge in [-0.25, -0.2) is 0 Å². The zero-order valence-electron chi connectivity index (χ0n) is 10.7. The summed E-state index contributed by atoms with van der Waals surface area (Å²) >= 11 is 0. The van der Waals surface area contributed by atoms with E-state index in [1.54, 1.807) is 0 Å². The molecule has 1 rings (SSSR count). The Morgan fingerprint density at radius 1 is 1.19 bits per heavy atom. The Morgan fingerprint density at radius 3 is 2.38 bits per heavy atom. The molecule has 0 saturated carbocycles. The second kappa shape index (κ2) is 6.66. The van der Waals surface area contributed by atoms with Crippen molar-refractivity contribution in [2.75, 3.05) is 20.1 Å². The largest absolute Gasteiger partial charge is 0.324 e. The lowest BCUT2D eigenvalue weighted by atomic mass is 10.0. The van der Waals surface area contributed by atoms with E-state index in [2.05, 4.69) is 50.1 Å². The van der Waals surface area contributed by atoms with Crippen LogP contribution in [0.25, 0.3) is 0 Å². The van der Waals surface area contributed by atoms with E-state index in [0.29, 0.717) is 0 Å². The van der Waals surface area contributed by atoms with Crippen LogP contribution in [0.1, 0.15) is 36.9 Å². The Labute approximate surface area is 99.5 Å². The third kappa shape index (κ3) is 4.33. The smallest absolute Gasteiger partial charge is 0.0307 e. The van der Waals surface area contributed by atoms with Crippen molar-refractivity contribution >= 4 is 0 Å². The molecule has 2 nitrogen and oxygen atoms in total. The molecule has 1 atom stereocenters. The topological polar surface area (TPSA) is 29.3 Å². The predicted octanol–water partition coefficient (Wildman–Crippen LogP) is 2.73. The molecule has 90 valence electrons. The molecule has 1 unspecified atom stereocenters. The molecule has 0 radical (unpaired) electrons. The van der Waals surface area contributed by atoms with Crippen molar-refractivity contribution in [2.45, 2.75) is 32.7 Å². The highest BCUT2D eigenvalue weighted by molar-refractivity contribution is 5.23. The zero-order chi connectivity index (χ0) is 12.0. The van der Waals surface area contributed by atoms with Gasteiger partial charge >= 0.3 is 0 Å². The number of nitrogens with two attached hydrogens (primary N) is 1. The maximum absolute atomic E-state index is 6.16. The van der Waals surface area contributed by atoms with Crippen molar-refractivity contribution in [3.63, 3.8) is 0 Å². The number of hydrogen-bond acceptors (Lipinski definition) is 2. The molecule has 0 aliphatic rings. The van der Waals surface area contributed by atoms with Gasteiger partial charge in [0, 0.05) is 6.04 Å². The molecule has 2 heteroatoms. The van der Waals surface area contributed by atoms with Crippen molar-refractivity contribution in [2.24, 2.45) is 5.73 Å². The van der Waals surface area contributed by atoms with Crippen LogP contribution in [0.5, 0.6) is 0 Å². The minimum atomic E-state index is 0.167. The fourth-order valence-corrected chi connectivity index (χ4v) is 1.83. The number of nitrogens with zero attached hydrogens (tertiary/aromatic N) is 1. The van der Waals surface area contributed by atoms with E-state index in [1.807, 2.05) is 0 Å². The second-order valence-corrected chi connectivity index (χ2v) is 4.61. The maximum atomic E-state index is 6.16. The third-order valence-corrected chi connectivity index (χ3v) is 2.93. The molecular formula is C14H24N2. The lowest BCUT2D eigenvalue weighted by Crippen LogP contribution is -2.24. The van der Waals surface area contributed by atoms with Crippen LogP contribution in [0, 0.1) is 6.92 Å². The summed E-state index contributed by atoms with van der Waals surface area (Å²) in [5.41, 5.74) is 8.70. The van der Waals surface area contributed by atoms with Gasteiger partial charge in [0.2, 0.25) is 0 Å². The molecule has 2 N–H and O–H groups in total. The van der Waals surface area contributed by atoms with Crippen LogP contribution in [0.3, 0.4) is 0 Å². The van der Waals surface area contributed by atoms with Crippen molar-refractivity contribution in [3.8, 4) is 0 Å². The van der Waals surface area contributed by atoms with Gasteiger partial charge in [0.05, 0.1) is 0 Å². The van der Waals surface area contributed by atoms with Crippen molar-refractivity contribution < 1.29 is 0 Å². The zero-order valence-corrected chi connectivity index (χ0v) is 10.7. The van der Waals surface area contributed by atoms with Crippen LogP contribution in [0.2, 0.25) is 0 Å². The molecule has 1 aromatic carbocycles. The summed E-state index contributed by atoms with van der Waals surface area (Å²) in [5, 5.41) is 0. The molecule has 0 aliphatic carbocycles. The van der Waals surface area contributed by atoms with Gasteiger partial charge < -0.3 is 10.6 Å². The highest BCUT2D eigenvalue weighted by atomic mass is 15.1. The van der Waals surface area contributed by atoms with E-state index in [-0.39, 0.29) is 6.04 Å². The van der Waals surface area contributed by atoms with Gasteiger partial charge in [0.1, 0.15) is 0 Å². The summed E-state index contributed by atoms with van der Waals surface area (Å²) in [6.45, 7) is 6.53. The molecule has 1 aromatic rings. The highest BCUT2D eigenvalue weighted by Gasteiger charge is 2.06. The molecule has 0 amide bonds. The minimum absolute atomic E-state index is 0.167. The molecule has 0 aromatic heterocycles. The lowest BCUT2D eigenvalue weighted by molar-refractivity contribution is 0.319. The average molecular weight is 220 g/mol. The van der Waals surface area contributed by atoms with E-state index >= 15 is 0 Å². The van der Waals surface area contributed by atoms with Crippen molar-refractivity contribution in [1.82, 2.24) is 4.90 Å². The standard InChI is InChI=1S/C14H24N2/c1-4-10-16(3)11-9-14(15)13-7-5-12(2)6-8-13/h5-8,14H,4,9-11,15H2,1-3H3. The monoisotopic (exact) mass is 220 g/mol. The van der Waals surface area contributed by atoms with Crippen LogP contribution in [0.4, 0.5) is 0 Å². The van der Waals surface area contributed by atoms with Crippen LogP contribution in [-0.4, -0.2) is 25.0 Å². The fraction of sp³-hybridized carbons (Fsp3) is 0.571. The van der Waals surface area contributed by atoms with Crippen molar-refractivity contribution in [1.29, 1.82) is 0 Å². The quantitative estimate of drug-likeness (QED) is 0.798. The van der Waals surface area contributed by atoms with Crippen LogP contribution in [-0.2, 0) is 0 Å². The highest BCUT2D eigenvalue weighted by Crippen LogP contribution is 2.14. The summed E-state index contributed by atoms with van der Waals surface area (Å²) in [4.78, 5) is 2.34. The Hall–Kier alpha value is -0.860. The number of aryl methyl sites for hydroxylation is 1. The lowest BCUT2D eigenvalue weighted by Gasteiger charge is -2.18. The van der Waals surface area contributed by atoms with Crippen LogP contribution < -0.4 is 5.73 Å². The van der Waals surface area contributed by atoms with Crippen LogP contribution in [0.15, 0.2) is 24.3 Å². The van der Waals surface area contributed by atoms with E-state index in [0.717, 1.165) is 19.5 Å². The Kier molecular flexibility index (Phi) is 5.50. The van der Waals surface area contributed by atoms with E-state index in [4.69, 9.17) is 5.73 Å². The molecule has 16 heavy (non-hydrogen) atoms. The van der Waals surface area contributed by atoms with Gasteiger partial charge in [0.15, 0.2) is 0 Å². The summed E-state index contributed by atoms with van der Waals surface area (Å²) < 4.78 is 0. The summed E-state index contributed by atoms with van der Waals surface area (Å²) in [5.74, 6) is 0. The molecule has 0 fully saturated rings. The Morgan fingerprint density at radius 2 is 1.81 bits per heavy atom. The van der Waals surface area contributed by atoms with Gasteiger partial charge in [-0.15, -0.1) is 0 Å². The van der Waals surface area contributed by atoms with Crippen LogP contribution >= 0.6 is 0 Å². The normalized spacial score (nSPS) is 13.1.